The summed E-state index contributed by atoms with van der Waals surface area (Å²) < 4.78 is 6.78. The Kier molecular flexibility index (Phi) is 5.67. The molecule has 1 aliphatic carbocycles. The van der Waals surface area contributed by atoms with E-state index >= 15 is 0 Å². The number of halogens is 1. The van der Waals surface area contributed by atoms with Gasteiger partial charge in [0.15, 0.2) is 0 Å². The van der Waals surface area contributed by atoms with E-state index in [0.29, 0.717) is 19.3 Å². The van der Waals surface area contributed by atoms with Crippen LogP contribution in [0.15, 0.2) is 22.7 Å². The summed E-state index contributed by atoms with van der Waals surface area (Å²) in [7, 11) is 0. The summed E-state index contributed by atoms with van der Waals surface area (Å²) >= 11 is 3.44. The molecule has 0 aliphatic heterocycles. The summed E-state index contributed by atoms with van der Waals surface area (Å²) in [4.78, 5) is 0. The van der Waals surface area contributed by atoms with Crippen LogP contribution in [-0.2, 0) is 4.74 Å². The van der Waals surface area contributed by atoms with Crippen LogP contribution in [0.5, 0.6) is 0 Å². The van der Waals surface area contributed by atoms with Gasteiger partial charge >= 0.3 is 0 Å². The minimum absolute atomic E-state index is 0.365. The molecule has 0 saturated heterocycles. The maximum atomic E-state index is 9.92. The van der Waals surface area contributed by atoms with Crippen molar-refractivity contribution >= 4 is 21.6 Å². The Morgan fingerprint density at radius 2 is 2.16 bits per heavy atom. The molecule has 1 aromatic rings. The van der Waals surface area contributed by atoms with E-state index in [1.54, 1.807) is 0 Å². The lowest BCUT2D eigenvalue weighted by atomic mass is 10.2. The molecule has 1 aliphatic rings. The Hall–Kier alpha value is -0.580. The second-order valence-electron chi connectivity index (χ2n) is 5.23. The largest absolute Gasteiger partial charge is 0.389 e. The average Bonchev–Trinajstić information content (AvgIpc) is 2.88. The molecule has 0 radical (unpaired) electrons. The van der Waals surface area contributed by atoms with E-state index in [-0.39, 0.29) is 0 Å². The number of aryl methyl sites for hydroxylation is 1. The third-order valence-corrected chi connectivity index (χ3v) is 4.04. The van der Waals surface area contributed by atoms with Gasteiger partial charge < -0.3 is 15.2 Å². The molecule has 106 valence electrons. The Morgan fingerprint density at radius 3 is 2.84 bits per heavy atom. The molecule has 0 heterocycles. The maximum Gasteiger partial charge on any atom is 0.0945 e. The fraction of sp³-hybridized carbons (Fsp3) is 0.600. The number of benzene rings is 1. The Labute approximate surface area is 123 Å². The van der Waals surface area contributed by atoms with Crippen molar-refractivity contribution in [1.29, 1.82) is 0 Å². The highest BCUT2D eigenvalue weighted by Crippen LogP contribution is 2.21. The molecule has 19 heavy (non-hydrogen) atoms. The lowest BCUT2D eigenvalue weighted by molar-refractivity contribution is -0.00117. The quantitative estimate of drug-likeness (QED) is 0.840. The van der Waals surface area contributed by atoms with Crippen molar-refractivity contribution < 1.29 is 9.84 Å². The van der Waals surface area contributed by atoms with E-state index in [1.807, 2.05) is 12.1 Å². The summed E-state index contributed by atoms with van der Waals surface area (Å²) in [5.41, 5.74) is 2.22. The zero-order valence-electron chi connectivity index (χ0n) is 11.4. The summed E-state index contributed by atoms with van der Waals surface area (Å²) in [5, 5.41) is 13.2. The fourth-order valence-electron chi connectivity index (χ4n) is 2.41. The molecule has 1 fully saturated rings. The zero-order valence-corrected chi connectivity index (χ0v) is 12.9. The van der Waals surface area contributed by atoms with Crippen molar-refractivity contribution in [2.75, 3.05) is 18.5 Å². The minimum atomic E-state index is -0.455. The highest BCUT2D eigenvalue weighted by Gasteiger charge is 2.16. The molecule has 2 N–H and O–H groups in total. The van der Waals surface area contributed by atoms with E-state index in [9.17, 15) is 5.11 Å². The number of anilines is 1. The number of rotatable bonds is 6. The first-order valence-corrected chi connectivity index (χ1v) is 7.74. The second-order valence-corrected chi connectivity index (χ2v) is 6.15. The molecule has 3 nitrogen and oxygen atoms in total. The normalized spacial score (nSPS) is 17.6. The highest BCUT2D eigenvalue weighted by atomic mass is 79.9. The molecule has 1 atom stereocenters. The second kappa shape index (κ2) is 7.27. The van der Waals surface area contributed by atoms with Gasteiger partial charge in [0.05, 0.1) is 18.8 Å². The van der Waals surface area contributed by atoms with Gasteiger partial charge in [-0.3, -0.25) is 0 Å². The van der Waals surface area contributed by atoms with Crippen molar-refractivity contribution in [2.24, 2.45) is 0 Å². The standard InChI is InChI=1S/C15H22BrNO2/c1-11-8-12(16)6-7-15(11)17-9-13(18)10-19-14-4-2-3-5-14/h6-8,13-14,17-18H,2-5,9-10H2,1H3. The van der Waals surface area contributed by atoms with Crippen LogP contribution in [0, 0.1) is 6.92 Å². The van der Waals surface area contributed by atoms with Gasteiger partial charge in [-0.2, -0.15) is 0 Å². The van der Waals surface area contributed by atoms with Crippen LogP contribution < -0.4 is 5.32 Å². The van der Waals surface area contributed by atoms with Gasteiger partial charge in [0, 0.05) is 16.7 Å². The van der Waals surface area contributed by atoms with E-state index in [1.165, 1.54) is 18.4 Å². The first kappa shape index (κ1) is 14.8. The summed E-state index contributed by atoms with van der Waals surface area (Å²) in [6, 6.07) is 6.07. The first-order chi connectivity index (χ1) is 9.15. The lowest BCUT2D eigenvalue weighted by Gasteiger charge is -2.17. The van der Waals surface area contributed by atoms with Crippen LogP contribution in [-0.4, -0.2) is 30.5 Å². The Balaban J connectivity index is 1.71. The third kappa shape index (κ3) is 4.79. The van der Waals surface area contributed by atoms with Gasteiger partial charge in [-0.15, -0.1) is 0 Å². The number of ether oxygens (including phenoxy) is 1. The van der Waals surface area contributed by atoms with Gasteiger partial charge in [0.1, 0.15) is 0 Å². The molecule has 0 amide bonds. The predicted molar refractivity (Wildman–Crippen MR) is 81.6 cm³/mol. The number of aliphatic hydroxyl groups is 1. The molecule has 1 unspecified atom stereocenters. The SMILES string of the molecule is Cc1cc(Br)ccc1NCC(O)COC1CCCC1. The molecule has 2 rings (SSSR count). The van der Waals surface area contributed by atoms with Crippen molar-refractivity contribution in [1.82, 2.24) is 0 Å². The van der Waals surface area contributed by atoms with E-state index in [0.717, 1.165) is 23.0 Å². The molecule has 4 heteroatoms. The van der Waals surface area contributed by atoms with Crippen molar-refractivity contribution in [3.05, 3.63) is 28.2 Å². The van der Waals surface area contributed by atoms with Gasteiger partial charge in [0.25, 0.3) is 0 Å². The van der Waals surface area contributed by atoms with Gasteiger partial charge in [-0.05, 0) is 43.5 Å². The van der Waals surface area contributed by atoms with Crippen LogP contribution in [0.2, 0.25) is 0 Å². The van der Waals surface area contributed by atoms with Gasteiger partial charge in [0.2, 0.25) is 0 Å². The predicted octanol–water partition coefficient (Wildman–Crippen LogP) is 3.49. The number of nitrogens with one attached hydrogen (secondary N) is 1. The maximum absolute atomic E-state index is 9.92. The zero-order chi connectivity index (χ0) is 13.7. The van der Waals surface area contributed by atoms with Crippen LogP contribution in [0.3, 0.4) is 0 Å². The van der Waals surface area contributed by atoms with Gasteiger partial charge in [-0.25, -0.2) is 0 Å². The van der Waals surface area contributed by atoms with Crippen molar-refractivity contribution in [2.45, 2.75) is 44.8 Å². The van der Waals surface area contributed by atoms with Crippen LogP contribution in [0.25, 0.3) is 0 Å². The smallest absolute Gasteiger partial charge is 0.0945 e. The first-order valence-electron chi connectivity index (χ1n) is 6.95. The number of aliphatic hydroxyl groups excluding tert-OH is 1. The van der Waals surface area contributed by atoms with Crippen molar-refractivity contribution in [3.8, 4) is 0 Å². The molecule has 0 aromatic heterocycles. The van der Waals surface area contributed by atoms with Gasteiger partial charge in [-0.1, -0.05) is 28.8 Å². The van der Waals surface area contributed by atoms with Crippen LogP contribution in [0.1, 0.15) is 31.2 Å². The van der Waals surface area contributed by atoms with E-state index in [4.69, 9.17) is 4.74 Å². The Bertz CT molecular complexity index is 405. The molecule has 0 spiro atoms. The summed E-state index contributed by atoms with van der Waals surface area (Å²) in [6.07, 6.45) is 4.72. The minimum Gasteiger partial charge on any atom is -0.389 e. The van der Waals surface area contributed by atoms with E-state index < -0.39 is 6.10 Å². The number of hydrogen-bond acceptors (Lipinski definition) is 3. The summed E-state index contributed by atoms with van der Waals surface area (Å²) in [6.45, 7) is 3.00. The fourth-order valence-corrected chi connectivity index (χ4v) is 2.89. The average molecular weight is 328 g/mol. The highest BCUT2D eigenvalue weighted by molar-refractivity contribution is 9.10. The summed E-state index contributed by atoms with van der Waals surface area (Å²) in [5.74, 6) is 0. The molecule has 0 bridgehead atoms. The Morgan fingerprint density at radius 1 is 1.42 bits per heavy atom. The third-order valence-electron chi connectivity index (χ3n) is 3.54. The molecule has 1 aromatic carbocycles. The molecule has 1 saturated carbocycles. The monoisotopic (exact) mass is 327 g/mol. The van der Waals surface area contributed by atoms with E-state index in [2.05, 4.69) is 34.2 Å². The van der Waals surface area contributed by atoms with Crippen LogP contribution in [0.4, 0.5) is 5.69 Å². The van der Waals surface area contributed by atoms with Crippen LogP contribution >= 0.6 is 15.9 Å². The number of hydrogen-bond donors (Lipinski definition) is 2. The lowest BCUT2D eigenvalue weighted by Crippen LogP contribution is -2.27. The van der Waals surface area contributed by atoms with Crippen molar-refractivity contribution in [3.63, 3.8) is 0 Å². The topological polar surface area (TPSA) is 41.5 Å². The molecular weight excluding hydrogens is 306 g/mol. The molecular formula is C15H22BrNO2.